The lowest BCUT2D eigenvalue weighted by Crippen LogP contribution is -2.47. The summed E-state index contributed by atoms with van der Waals surface area (Å²) in [7, 11) is 1.78. The number of rotatable bonds is 5. The highest BCUT2D eigenvalue weighted by molar-refractivity contribution is 4.88. The van der Waals surface area contributed by atoms with Crippen LogP contribution in [0, 0.1) is 5.92 Å². The standard InChI is InChI=1S/C12H25NO/c1-4-12(2,14-3)11(13)9-10-7-5-6-8-10/h10-11H,4-9,13H2,1-3H3. The van der Waals surface area contributed by atoms with E-state index in [4.69, 9.17) is 10.5 Å². The number of hydrogen-bond donors (Lipinski definition) is 1. The van der Waals surface area contributed by atoms with E-state index in [2.05, 4.69) is 13.8 Å². The molecule has 1 fully saturated rings. The van der Waals surface area contributed by atoms with Gasteiger partial charge in [0.25, 0.3) is 0 Å². The Balaban J connectivity index is 2.42. The second kappa shape index (κ2) is 5.13. The fraction of sp³-hybridized carbons (Fsp3) is 1.00. The lowest BCUT2D eigenvalue weighted by Gasteiger charge is -2.34. The largest absolute Gasteiger partial charge is 0.377 e. The van der Waals surface area contributed by atoms with E-state index < -0.39 is 0 Å². The molecule has 2 unspecified atom stereocenters. The van der Waals surface area contributed by atoms with E-state index in [-0.39, 0.29) is 11.6 Å². The van der Waals surface area contributed by atoms with Crippen LogP contribution in [0.4, 0.5) is 0 Å². The Morgan fingerprint density at radius 2 is 2.00 bits per heavy atom. The third kappa shape index (κ3) is 2.71. The van der Waals surface area contributed by atoms with Gasteiger partial charge in [-0.15, -0.1) is 0 Å². The molecule has 2 N–H and O–H groups in total. The van der Waals surface area contributed by atoms with Gasteiger partial charge < -0.3 is 10.5 Å². The normalized spacial score (nSPS) is 24.9. The van der Waals surface area contributed by atoms with Crippen molar-refractivity contribution in [1.29, 1.82) is 0 Å². The fourth-order valence-corrected chi connectivity index (χ4v) is 2.41. The van der Waals surface area contributed by atoms with E-state index in [0.29, 0.717) is 0 Å². The van der Waals surface area contributed by atoms with Crippen LogP contribution in [0.3, 0.4) is 0 Å². The Labute approximate surface area is 88.2 Å². The van der Waals surface area contributed by atoms with Crippen LogP contribution in [-0.2, 0) is 4.74 Å². The van der Waals surface area contributed by atoms with Gasteiger partial charge >= 0.3 is 0 Å². The maximum atomic E-state index is 6.23. The molecule has 0 saturated heterocycles. The Kier molecular flexibility index (Phi) is 4.39. The molecule has 1 saturated carbocycles. The van der Waals surface area contributed by atoms with Crippen molar-refractivity contribution in [2.24, 2.45) is 11.7 Å². The second-order valence-electron chi connectivity index (χ2n) is 4.86. The van der Waals surface area contributed by atoms with Gasteiger partial charge in [0.05, 0.1) is 5.60 Å². The average Bonchev–Trinajstić information content (AvgIpc) is 2.69. The number of nitrogens with two attached hydrogens (primary N) is 1. The van der Waals surface area contributed by atoms with Crippen LogP contribution in [0.2, 0.25) is 0 Å². The van der Waals surface area contributed by atoms with Crippen molar-refractivity contribution in [3.05, 3.63) is 0 Å². The molecule has 0 amide bonds. The molecule has 0 bridgehead atoms. The quantitative estimate of drug-likeness (QED) is 0.739. The lowest BCUT2D eigenvalue weighted by molar-refractivity contribution is -0.0241. The Morgan fingerprint density at radius 3 is 2.43 bits per heavy atom. The molecule has 0 radical (unpaired) electrons. The summed E-state index contributed by atoms with van der Waals surface area (Å²) < 4.78 is 5.53. The van der Waals surface area contributed by atoms with Crippen molar-refractivity contribution in [1.82, 2.24) is 0 Å². The van der Waals surface area contributed by atoms with Gasteiger partial charge in [-0.3, -0.25) is 0 Å². The van der Waals surface area contributed by atoms with Crippen molar-refractivity contribution >= 4 is 0 Å². The maximum absolute atomic E-state index is 6.23. The summed E-state index contributed by atoms with van der Waals surface area (Å²) in [5, 5.41) is 0. The second-order valence-corrected chi connectivity index (χ2v) is 4.86. The lowest BCUT2D eigenvalue weighted by atomic mass is 9.86. The molecule has 0 aliphatic heterocycles. The zero-order chi connectivity index (χ0) is 10.6. The molecule has 1 aliphatic rings. The number of ether oxygens (including phenoxy) is 1. The van der Waals surface area contributed by atoms with E-state index >= 15 is 0 Å². The van der Waals surface area contributed by atoms with Crippen molar-refractivity contribution in [2.45, 2.75) is 64.0 Å². The molecule has 2 atom stereocenters. The third-order valence-corrected chi connectivity index (χ3v) is 4.01. The zero-order valence-electron chi connectivity index (χ0n) is 9.88. The fourth-order valence-electron chi connectivity index (χ4n) is 2.41. The van der Waals surface area contributed by atoms with Gasteiger partial charge in [-0.05, 0) is 25.7 Å². The maximum Gasteiger partial charge on any atom is 0.0798 e. The minimum atomic E-state index is -0.122. The SMILES string of the molecule is CCC(C)(OC)C(N)CC1CCCC1. The molecule has 84 valence electrons. The molecule has 2 heteroatoms. The molecule has 0 heterocycles. The topological polar surface area (TPSA) is 35.2 Å². The van der Waals surface area contributed by atoms with Gasteiger partial charge in [0.2, 0.25) is 0 Å². The molecular formula is C12H25NO. The van der Waals surface area contributed by atoms with Gasteiger partial charge in [-0.1, -0.05) is 32.6 Å². The molecule has 1 rings (SSSR count). The summed E-state index contributed by atoms with van der Waals surface area (Å²) in [6.07, 6.45) is 7.67. The predicted octanol–water partition coefficient (Wildman–Crippen LogP) is 2.71. The van der Waals surface area contributed by atoms with Crippen LogP contribution in [0.1, 0.15) is 52.4 Å². The van der Waals surface area contributed by atoms with E-state index in [1.807, 2.05) is 0 Å². The third-order valence-electron chi connectivity index (χ3n) is 4.01. The molecular weight excluding hydrogens is 174 g/mol. The minimum absolute atomic E-state index is 0.122. The first-order chi connectivity index (χ1) is 6.62. The van der Waals surface area contributed by atoms with E-state index in [9.17, 15) is 0 Å². The summed E-state index contributed by atoms with van der Waals surface area (Å²) in [6.45, 7) is 4.28. The Hall–Kier alpha value is -0.0800. The van der Waals surface area contributed by atoms with Gasteiger partial charge in [0, 0.05) is 13.2 Å². The Bertz CT molecular complexity index is 160. The highest BCUT2D eigenvalue weighted by Crippen LogP contribution is 2.31. The van der Waals surface area contributed by atoms with Gasteiger partial charge in [0.1, 0.15) is 0 Å². The van der Waals surface area contributed by atoms with E-state index in [0.717, 1.165) is 18.8 Å². The number of methoxy groups -OCH3 is 1. The van der Waals surface area contributed by atoms with Crippen LogP contribution < -0.4 is 5.73 Å². The molecule has 1 aliphatic carbocycles. The van der Waals surface area contributed by atoms with Crippen molar-refractivity contribution in [3.63, 3.8) is 0 Å². The monoisotopic (exact) mass is 199 g/mol. The van der Waals surface area contributed by atoms with E-state index in [1.165, 1.54) is 25.7 Å². The Morgan fingerprint density at radius 1 is 1.43 bits per heavy atom. The van der Waals surface area contributed by atoms with Gasteiger partial charge in [-0.2, -0.15) is 0 Å². The summed E-state index contributed by atoms with van der Waals surface area (Å²) in [6, 6.07) is 0.195. The van der Waals surface area contributed by atoms with Crippen LogP contribution in [-0.4, -0.2) is 18.8 Å². The zero-order valence-corrected chi connectivity index (χ0v) is 9.88. The molecule has 0 aromatic rings. The molecule has 2 nitrogen and oxygen atoms in total. The van der Waals surface area contributed by atoms with Crippen molar-refractivity contribution < 1.29 is 4.74 Å². The van der Waals surface area contributed by atoms with Crippen LogP contribution in [0.25, 0.3) is 0 Å². The van der Waals surface area contributed by atoms with Gasteiger partial charge in [-0.25, -0.2) is 0 Å². The van der Waals surface area contributed by atoms with Crippen LogP contribution >= 0.6 is 0 Å². The first kappa shape index (κ1) is 12.0. The van der Waals surface area contributed by atoms with Crippen molar-refractivity contribution in [2.75, 3.05) is 7.11 Å². The first-order valence-corrected chi connectivity index (χ1v) is 5.93. The molecule has 0 aromatic carbocycles. The van der Waals surface area contributed by atoms with Gasteiger partial charge in [0.15, 0.2) is 0 Å². The summed E-state index contributed by atoms with van der Waals surface area (Å²) in [4.78, 5) is 0. The van der Waals surface area contributed by atoms with Crippen LogP contribution in [0.15, 0.2) is 0 Å². The average molecular weight is 199 g/mol. The minimum Gasteiger partial charge on any atom is -0.377 e. The molecule has 14 heavy (non-hydrogen) atoms. The van der Waals surface area contributed by atoms with E-state index in [1.54, 1.807) is 7.11 Å². The van der Waals surface area contributed by atoms with Crippen molar-refractivity contribution in [3.8, 4) is 0 Å². The molecule has 0 spiro atoms. The highest BCUT2D eigenvalue weighted by Gasteiger charge is 2.32. The predicted molar refractivity (Wildman–Crippen MR) is 60.3 cm³/mol. The summed E-state index contributed by atoms with van der Waals surface area (Å²) in [5.41, 5.74) is 6.11. The first-order valence-electron chi connectivity index (χ1n) is 5.93. The molecule has 0 aromatic heterocycles. The smallest absolute Gasteiger partial charge is 0.0798 e. The highest BCUT2D eigenvalue weighted by atomic mass is 16.5. The summed E-state index contributed by atoms with van der Waals surface area (Å²) in [5.74, 6) is 0.853. The number of hydrogen-bond acceptors (Lipinski definition) is 2. The van der Waals surface area contributed by atoms with Crippen LogP contribution in [0.5, 0.6) is 0 Å². The summed E-state index contributed by atoms with van der Waals surface area (Å²) >= 11 is 0.